The number of nitrogens with one attached hydrogen (secondary N) is 3. The Kier molecular flexibility index (Phi) is 10.5. The van der Waals surface area contributed by atoms with E-state index in [2.05, 4.69) is 17.6 Å². The zero-order valence-corrected chi connectivity index (χ0v) is 26.9. The number of nitrogens with two attached hydrogens (primary N) is 1. The van der Waals surface area contributed by atoms with Crippen molar-refractivity contribution in [2.75, 3.05) is 23.0 Å². The lowest BCUT2D eigenvalue weighted by molar-refractivity contribution is 0.0522. The number of rotatable bonds is 11. The predicted molar refractivity (Wildman–Crippen MR) is 177 cm³/mol. The lowest BCUT2D eigenvalue weighted by Gasteiger charge is -2.38. The molecule has 0 saturated heterocycles. The molecule has 234 valence electrons. The maximum absolute atomic E-state index is 13.0. The predicted octanol–water partition coefficient (Wildman–Crippen LogP) is 7.10. The van der Waals surface area contributed by atoms with Gasteiger partial charge >= 0.3 is 5.97 Å². The standard InChI is InChI=1S/C34H42N4O5S/c1-6-42-32(41)24-17-23(18-26(19-24)38-33(35)36)31(40)37-25-9-11-27(12-10-25)44-16-8-7-14-34(5)15-13-28-22(4)29(39)20(2)21(3)30(28)43-34/h9-12,17-19,39H,6-8,13-16H2,1-5H3,(H,37,40)(H4,35,36,38). The molecule has 0 aromatic heterocycles. The first-order chi connectivity index (χ1) is 20.9. The number of esters is 1. The van der Waals surface area contributed by atoms with Gasteiger partial charge in [0.25, 0.3) is 5.91 Å². The summed E-state index contributed by atoms with van der Waals surface area (Å²) in [5.41, 5.74) is 10.6. The summed E-state index contributed by atoms with van der Waals surface area (Å²) < 4.78 is 11.6. The molecule has 3 aromatic rings. The highest BCUT2D eigenvalue weighted by atomic mass is 32.2. The molecule has 0 aliphatic carbocycles. The van der Waals surface area contributed by atoms with Crippen LogP contribution in [0.2, 0.25) is 0 Å². The molecular formula is C34H42N4O5S. The third kappa shape index (κ3) is 7.85. The second kappa shape index (κ2) is 14.1. The molecule has 0 fully saturated rings. The molecule has 0 spiro atoms. The van der Waals surface area contributed by atoms with Crippen LogP contribution in [0.5, 0.6) is 11.5 Å². The molecule has 0 bridgehead atoms. The zero-order chi connectivity index (χ0) is 32.0. The van der Waals surface area contributed by atoms with Crippen LogP contribution >= 0.6 is 11.8 Å². The molecule has 9 nitrogen and oxygen atoms in total. The van der Waals surface area contributed by atoms with Crippen LogP contribution in [-0.2, 0) is 11.2 Å². The van der Waals surface area contributed by atoms with E-state index >= 15 is 0 Å². The minimum Gasteiger partial charge on any atom is -0.507 e. The topological polar surface area (TPSA) is 147 Å². The maximum Gasteiger partial charge on any atom is 0.338 e. The Hall–Kier alpha value is -4.18. The first-order valence-electron chi connectivity index (χ1n) is 14.9. The Balaban J connectivity index is 1.28. The second-order valence-corrected chi connectivity index (χ2v) is 12.6. The summed E-state index contributed by atoms with van der Waals surface area (Å²) in [7, 11) is 0. The number of ether oxygens (including phenoxy) is 2. The first-order valence-corrected chi connectivity index (χ1v) is 15.9. The van der Waals surface area contributed by atoms with Crippen LogP contribution in [-0.4, -0.2) is 40.9 Å². The van der Waals surface area contributed by atoms with E-state index in [1.54, 1.807) is 18.7 Å². The second-order valence-electron chi connectivity index (χ2n) is 11.4. The molecule has 44 heavy (non-hydrogen) atoms. The van der Waals surface area contributed by atoms with E-state index in [-0.39, 0.29) is 29.3 Å². The van der Waals surface area contributed by atoms with Crippen LogP contribution in [0.4, 0.5) is 11.4 Å². The van der Waals surface area contributed by atoms with Crippen LogP contribution in [0, 0.1) is 26.2 Å². The molecule has 6 N–H and O–H groups in total. The number of guanidine groups is 1. The van der Waals surface area contributed by atoms with Crippen molar-refractivity contribution in [3.8, 4) is 11.5 Å². The lowest BCUT2D eigenvalue weighted by atomic mass is 9.85. The molecule has 0 saturated carbocycles. The third-order valence-corrected chi connectivity index (χ3v) is 9.16. The number of aromatic hydroxyl groups is 1. The van der Waals surface area contributed by atoms with Gasteiger partial charge in [0.05, 0.1) is 12.2 Å². The van der Waals surface area contributed by atoms with E-state index in [4.69, 9.17) is 20.6 Å². The largest absolute Gasteiger partial charge is 0.507 e. The molecule has 4 rings (SSSR count). The van der Waals surface area contributed by atoms with Gasteiger partial charge in [0, 0.05) is 27.4 Å². The van der Waals surface area contributed by atoms with Gasteiger partial charge in [-0.1, -0.05) is 0 Å². The summed E-state index contributed by atoms with van der Waals surface area (Å²) >= 11 is 1.77. The highest BCUT2D eigenvalue weighted by molar-refractivity contribution is 7.99. The number of unbranched alkanes of at least 4 members (excludes halogenated alkanes) is 1. The van der Waals surface area contributed by atoms with Gasteiger partial charge in [-0.3, -0.25) is 10.2 Å². The molecule has 0 radical (unpaired) electrons. The van der Waals surface area contributed by atoms with Crippen molar-refractivity contribution in [1.82, 2.24) is 0 Å². The Labute approximate surface area is 263 Å². The Morgan fingerprint density at radius 1 is 1.02 bits per heavy atom. The lowest BCUT2D eigenvalue weighted by Crippen LogP contribution is -2.37. The number of hydrogen-bond acceptors (Lipinski definition) is 7. The van der Waals surface area contributed by atoms with Crippen LogP contribution < -0.4 is 21.1 Å². The molecule has 1 atom stereocenters. The Morgan fingerprint density at radius 3 is 2.41 bits per heavy atom. The van der Waals surface area contributed by atoms with Crippen molar-refractivity contribution < 1.29 is 24.2 Å². The van der Waals surface area contributed by atoms with Gasteiger partial charge in [-0.05, 0) is 132 Å². The maximum atomic E-state index is 13.0. The van der Waals surface area contributed by atoms with Crippen LogP contribution in [0.1, 0.15) is 82.5 Å². The van der Waals surface area contributed by atoms with E-state index in [1.165, 1.54) is 18.2 Å². The summed E-state index contributed by atoms with van der Waals surface area (Å²) in [5, 5.41) is 23.4. The summed E-state index contributed by atoms with van der Waals surface area (Å²) in [6.07, 6.45) is 4.92. The van der Waals surface area contributed by atoms with Gasteiger partial charge in [0.1, 0.15) is 17.1 Å². The Morgan fingerprint density at radius 2 is 1.73 bits per heavy atom. The molecule has 1 amide bonds. The highest BCUT2D eigenvalue weighted by Crippen LogP contribution is 2.44. The Bertz CT molecular complexity index is 1560. The zero-order valence-electron chi connectivity index (χ0n) is 26.1. The number of carbonyl (C=O) groups excluding carboxylic acids is 2. The SMILES string of the molecule is CCOC(=O)c1cc(NC(=N)N)cc(C(=O)Nc2ccc(SCCCCC3(C)CCc4c(C)c(O)c(C)c(C)c4O3)cc2)c1. The van der Waals surface area contributed by atoms with Gasteiger partial charge in [0.2, 0.25) is 0 Å². The quantitative estimate of drug-likeness (QED) is 0.0503. The highest BCUT2D eigenvalue weighted by Gasteiger charge is 2.34. The molecule has 1 heterocycles. The van der Waals surface area contributed by atoms with E-state index in [9.17, 15) is 14.7 Å². The molecular weight excluding hydrogens is 576 g/mol. The number of phenolic OH excluding ortho intramolecular Hbond substituents is 1. The fourth-order valence-corrected chi connectivity index (χ4v) is 6.33. The van der Waals surface area contributed by atoms with Crippen molar-refractivity contribution in [2.45, 2.75) is 77.2 Å². The molecule has 1 unspecified atom stereocenters. The number of fused-ring (bicyclic) bond motifs is 1. The number of amides is 1. The number of benzene rings is 3. The summed E-state index contributed by atoms with van der Waals surface area (Å²) in [4.78, 5) is 26.4. The van der Waals surface area contributed by atoms with Gasteiger partial charge in [-0.25, -0.2) is 4.79 Å². The third-order valence-electron chi connectivity index (χ3n) is 8.06. The normalized spacial score (nSPS) is 15.6. The average Bonchev–Trinajstić information content (AvgIpc) is 2.99. The fourth-order valence-electron chi connectivity index (χ4n) is 5.42. The van der Waals surface area contributed by atoms with Gasteiger partial charge < -0.3 is 30.9 Å². The van der Waals surface area contributed by atoms with Crippen molar-refractivity contribution in [2.24, 2.45) is 5.73 Å². The van der Waals surface area contributed by atoms with Crippen molar-refractivity contribution in [3.05, 3.63) is 75.8 Å². The summed E-state index contributed by atoms with van der Waals surface area (Å²) in [6, 6.07) is 12.1. The molecule has 1 aliphatic rings. The molecule has 3 aromatic carbocycles. The number of phenols is 1. The number of thioether (sulfide) groups is 1. The van der Waals surface area contributed by atoms with Crippen molar-refractivity contribution in [1.29, 1.82) is 5.41 Å². The number of hydrogen-bond donors (Lipinski definition) is 5. The average molecular weight is 619 g/mol. The van der Waals surface area contributed by atoms with E-state index in [1.807, 2.05) is 45.0 Å². The van der Waals surface area contributed by atoms with Crippen LogP contribution in [0.15, 0.2) is 47.4 Å². The summed E-state index contributed by atoms with van der Waals surface area (Å²) in [6.45, 7) is 10.0. The van der Waals surface area contributed by atoms with E-state index in [0.29, 0.717) is 17.1 Å². The van der Waals surface area contributed by atoms with E-state index in [0.717, 1.165) is 70.8 Å². The number of carbonyl (C=O) groups is 2. The van der Waals surface area contributed by atoms with Crippen LogP contribution in [0.25, 0.3) is 0 Å². The fraction of sp³-hybridized carbons (Fsp3) is 0.382. The minimum atomic E-state index is -0.567. The summed E-state index contributed by atoms with van der Waals surface area (Å²) in [5.74, 6) is 1.03. The monoisotopic (exact) mass is 618 g/mol. The molecule has 1 aliphatic heterocycles. The van der Waals surface area contributed by atoms with Gasteiger partial charge in [-0.2, -0.15) is 0 Å². The molecule has 10 heteroatoms. The minimum absolute atomic E-state index is 0.185. The van der Waals surface area contributed by atoms with Crippen molar-refractivity contribution >= 4 is 41.0 Å². The number of anilines is 2. The van der Waals surface area contributed by atoms with Gasteiger partial charge in [0.15, 0.2) is 5.96 Å². The van der Waals surface area contributed by atoms with Gasteiger partial charge in [-0.15, -0.1) is 11.8 Å². The first kappa shape index (κ1) is 32.7. The van der Waals surface area contributed by atoms with Crippen LogP contribution in [0.3, 0.4) is 0 Å². The smallest absolute Gasteiger partial charge is 0.338 e. The van der Waals surface area contributed by atoms with E-state index < -0.39 is 11.9 Å². The van der Waals surface area contributed by atoms with Crippen molar-refractivity contribution in [3.63, 3.8) is 0 Å².